The van der Waals surface area contributed by atoms with Gasteiger partial charge in [0, 0.05) is 6.54 Å². The van der Waals surface area contributed by atoms with E-state index in [0.717, 1.165) is 6.54 Å². The lowest BCUT2D eigenvalue weighted by molar-refractivity contribution is 0.699. The van der Waals surface area contributed by atoms with Gasteiger partial charge in [-0.1, -0.05) is 30.3 Å². The van der Waals surface area contributed by atoms with Crippen LogP contribution in [0.5, 0.6) is 0 Å². The van der Waals surface area contributed by atoms with Crippen LogP contribution < -0.4 is 0 Å². The van der Waals surface area contributed by atoms with E-state index in [2.05, 4.69) is 32.9 Å². The monoisotopic (exact) mass is 161 g/mol. The van der Waals surface area contributed by atoms with E-state index in [0.29, 0.717) is 0 Å². The molecule has 0 unspecified atom stereocenters. The van der Waals surface area contributed by atoms with E-state index in [-0.39, 0.29) is 0 Å². The molecule has 1 aromatic rings. The highest BCUT2D eigenvalue weighted by Crippen LogP contribution is 1.99. The summed E-state index contributed by atoms with van der Waals surface area (Å²) in [6, 6.07) is 10.2. The zero-order valence-electron chi connectivity index (χ0n) is 5.54. The summed E-state index contributed by atoms with van der Waals surface area (Å²) in [6.07, 6.45) is 0. The predicted molar refractivity (Wildman–Crippen MR) is 43.5 cm³/mol. The first-order valence-electron chi connectivity index (χ1n) is 3.03. The molecule has 6 radical (unpaired) electrons. The van der Waals surface area contributed by atoms with Crippen LogP contribution in [0.4, 0.5) is 0 Å². The van der Waals surface area contributed by atoms with E-state index < -0.39 is 0 Å². The highest BCUT2D eigenvalue weighted by Gasteiger charge is 1.91. The average Bonchev–Trinajstić information content (AvgIpc) is 1.88. The second-order valence-corrected chi connectivity index (χ2v) is 3.60. The van der Waals surface area contributed by atoms with Crippen LogP contribution in [-0.2, 0) is 6.54 Å². The van der Waals surface area contributed by atoms with E-state index in [1.165, 1.54) is 5.56 Å². The van der Waals surface area contributed by atoms with Crippen LogP contribution in [0.25, 0.3) is 0 Å². The van der Waals surface area contributed by atoms with E-state index >= 15 is 0 Å². The molecule has 48 valence electrons. The Morgan fingerprint density at radius 2 is 1.70 bits per heavy atom. The highest BCUT2D eigenvalue weighted by molar-refractivity contribution is 6.24. The third kappa shape index (κ3) is 2.47. The summed E-state index contributed by atoms with van der Waals surface area (Å²) in [4.78, 5) is 0. The van der Waals surface area contributed by atoms with Gasteiger partial charge in [0.2, 0.25) is 0 Å². The normalized spacial score (nSPS) is 10.3. The molecular formula is C7H7NSi2. The molecule has 3 heteroatoms. The van der Waals surface area contributed by atoms with E-state index in [9.17, 15) is 0 Å². The fourth-order valence-electron chi connectivity index (χ4n) is 0.766. The molecule has 1 aromatic carbocycles. The molecule has 0 saturated carbocycles. The Labute approximate surface area is 68.1 Å². The van der Waals surface area contributed by atoms with Crippen LogP contribution in [0.1, 0.15) is 5.56 Å². The lowest BCUT2D eigenvalue weighted by Crippen LogP contribution is -2.14. The summed E-state index contributed by atoms with van der Waals surface area (Å²) in [7, 11) is 6.61. The summed E-state index contributed by atoms with van der Waals surface area (Å²) in [6.45, 7) is 0.856. The van der Waals surface area contributed by atoms with Crippen LogP contribution in [0.2, 0.25) is 0 Å². The van der Waals surface area contributed by atoms with Crippen LogP contribution in [0.15, 0.2) is 30.3 Å². The number of nitrogens with zero attached hydrogens (tertiary/aromatic N) is 1. The first-order chi connectivity index (χ1) is 4.79. The van der Waals surface area contributed by atoms with Crippen molar-refractivity contribution in [2.45, 2.75) is 6.54 Å². The third-order valence-electron chi connectivity index (χ3n) is 1.18. The van der Waals surface area contributed by atoms with Crippen molar-refractivity contribution in [1.82, 2.24) is 4.23 Å². The van der Waals surface area contributed by atoms with Crippen molar-refractivity contribution >= 4 is 20.8 Å². The van der Waals surface area contributed by atoms with Gasteiger partial charge in [-0.3, -0.25) is 0 Å². The van der Waals surface area contributed by atoms with Crippen molar-refractivity contribution in [1.29, 1.82) is 0 Å². The minimum Gasteiger partial charge on any atom is -0.349 e. The van der Waals surface area contributed by atoms with E-state index in [4.69, 9.17) is 0 Å². The minimum absolute atomic E-state index is 0.856. The van der Waals surface area contributed by atoms with Crippen LogP contribution >= 0.6 is 0 Å². The maximum Gasteiger partial charge on any atom is 0.135 e. The first kappa shape index (κ1) is 7.72. The molecule has 0 amide bonds. The molecule has 0 aliphatic heterocycles. The molecule has 0 fully saturated rings. The zero-order valence-corrected chi connectivity index (χ0v) is 7.54. The van der Waals surface area contributed by atoms with Crippen molar-refractivity contribution in [2.24, 2.45) is 0 Å². The Balaban J connectivity index is 2.59. The van der Waals surface area contributed by atoms with Crippen molar-refractivity contribution in [3.05, 3.63) is 35.9 Å². The van der Waals surface area contributed by atoms with Gasteiger partial charge in [-0.15, -0.1) is 0 Å². The Kier molecular flexibility index (Phi) is 2.86. The first-order valence-corrected chi connectivity index (χ1v) is 3.92. The Hall–Kier alpha value is -0.386. The van der Waals surface area contributed by atoms with E-state index in [1.54, 1.807) is 4.23 Å². The number of rotatable bonds is 2. The number of benzene rings is 1. The molecule has 0 heterocycles. The van der Waals surface area contributed by atoms with Gasteiger partial charge < -0.3 is 4.23 Å². The molecular weight excluding hydrogens is 154 g/mol. The molecule has 0 N–H and O–H groups in total. The number of hydrogen-bond donors (Lipinski definition) is 0. The second kappa shape index (κ2) is 3.70. The Morgan fingerprint density at radius 3 is 2.20 bits per heavy atom. The molecule has 1 nitrogen and oxygen atoms in total. The lowest BCUT2D eigenvalue weighted by Gasteiger charge is -2.07. The highest BCUT2D eigenvalue weighted by atomic mass is 28.2. The molecule has 1 rings (SSSR count). The second-order valence-electron chi connectivity index (χ2n) is 2.07. The molecule has 0 bridgehead atoms. The van der Waals surface area contributed by atoms with Crippen LogP contribution in [0.3, 0.4) is 0 Å². The summed E-state index contributed by atoms with van der Waals surface area (Å²) < 4.78 is 1.77. The van der Waals surface area contributed by atoms with Crippen molar-refractivity contribution < 1.29 is 0 Å². The minimum atomic E-state index is 0.856. The van der Waals surface area contributed by atoms with Crippen molar-refractivity contribution in [2.75, 3.05) is 0 Å². The van der Waals surface area contributed by atoms with Gasteiger partial charge in [-0.05, 0) is 5.56 Å². The van der Waals surface area contributed by atoms with Gasteiger partial charge in [0.25, 0.3) is 0 Å². The maximum absolute atomic E-state index is 3.30. The van der Waals surface area contributed by atoms with Crippen molar-refractivity contribution in [3.8, 4) is 0 Å². The molecule has 0 atom stereocenters. The standard InChI is InChI=1S/C7H7NSi2/c9-8(10)6-7-4-2-1-3-5-7/h1-5H,6H2. The average molecular weight is 161 g/mol. The predicted octanol–water partition coefficient (Wildman–Crippen LogP) is 0.656. The molecule has 10 heavy (non-hydrogen) atoms. The molecule has 0 spiro atoms. The SMILES string of the molecule is [Si]N([Si])Cc1ccccc1. The van der Waals surface area contributed by atoms with Gasteiger partial charge in [-0.25, -0.2) is 0 Å². The topological polar surface area (TPSA) is 3.24 Å². The van der Waals surface area contributed by atoms with Crippen LogP contribution in [0, 0.1) is 0 Å². The molecule has 0 aliphatic carbocycles. The largest absolute Gasteiger partial charge is 0.349 e. The van der Waals surface area contributed by atoms with Gasteiger partial charge >= 0.3 is 0 Å². The molecule has 0 aliphatic rings. The number of hydrogen-bond acceptors (Lipinski definition) is 1. The summed E-state index contributed by atoms with van der Waals surface area (Å²) in [5.74, 6) is 0. The maximum atomic E-state index is 3.30. The van der Waals surface area contributed by atoms with Crippen LogP contribution in [-0.4, -0.2) is 25.0 Å². The Bertz CT molecular complexity index is 186. The summed E-state index contributed by atoms with van der Waals surface area (Å²) in [5, 5.41) is 0. The van der Waals surface area contributed by atoms with E-state index in [1.807, 2.05) is 18.2 Å². The van der Waals surface area contributed by atoms with Crippen molar-refractivity contribution in [3.63, 3.8) is 0 Å². The van der Waals surface area contributed by atoms with Gasteiger partial charge in [0.05, 0.1) is 0 Å². The molecule has 0 aromatic heterocycles. The zero-order chi connectivity index (χ0) is 7.40. The molecule has 0 saturated heterocycles. The van der Waals surface area contributed by atoms with Gasteiger partial charge in [-0.2, -0.15) is 0 Å². The quantitative estimate of drug-likeness (QED) is 0.576. The fraction of sp³-hybridized carbons (Fsp3) is 0.143. The lowest BCUT2D eigenvalue weighted by atomic mass is 10.2. The van der Waals surface area contributed by atoms with Gasteiger partial charge in [0.15, 0.2) is 0 Å². The summed E-state index contributed by atoms with van der Waals surface area (Å²) >= 11 is 0. The smallest absolute Gasteiger partial charge is 0.135 e. The fourth-order valence-corrected chi connectivity index (χ4v) is 1.13. The van der Waals surface area contributed by atoms with Gasteiger partial charge in [0.1, 0.15) is 20.8 Å². The third-order valence-corrected chi connectivity index (χ3v) is 1.50. The Morgan fingerprint density at radius 1 is 1.10 bits per heavy atom. The summed E-state index contributed by atoms with van der Waals surface area (Å²) in [5.41, 5.74) is 1.27.